The summed E-state index contributed by atoms with van der Waals surface area (Å²) in [6.45, 7) is 21.4. The number of aromatic nitrogens is 2. The highest BCUT2D eigenvalue weighted by Crippen LogP contribution is 2.54. The summed E-state index contributed by atoms with van der Waals surface area (Å²) in [7, 11) is -8.50. The van der Waals surface area contributed by atoms with Gasteiger partial charge in [0.2, 0.25) is 5.60 Å². The molecule has 43 heavy (non-hydrogen) atoms. The summed E-state index contributed by atoms with van der Waals surface area (Å²) in [4.78, 5) is 37.5. The SMILES string of the molecule is Cc1cn([C@@H]2OC(O[Si](C)(C)C(C)(C)C)C3(OS(=O)(=O)C=C3NCCC(=O)O)C2O[Si](C)(C)C(C)(C)C)c(=O)n(C)c1=O. The van der Waals surface area contributed by atoms with Crippen molar-refractivity contribution in [1.29, 1.82) is 0 Å². The number of aryl methyl sites for hydroxylation is 1. The lowest BCUT2D eigenvalue weighted by molar-refractivity contribution is -0.148. The molecule has 1 aromatic rings. The number of ether oxygens (including phenoxy) is 1. The third kappa shape index (κ3) is 6.65. The first-order valence-electron chi connectivity index (χ1n) is 14.2. The molecular formula is C27H47N3O10SSi2. The van der Waals surface area contributed by atoms with E-state index in [2.05, 4.69) is 5.32 Å². The molecule has 3 heterocycles. The molecule has 3 rings (SSSR count). The van der Waals surface area contributed by atoms with E-state index < -0.39 is 68.2 Å². The smallest absolute Gasteiger partial charge is 0.332 e. The Morgan fingerprint density at radius 3 is 2.12 bits per heavy atom. The van der Waals surface area contributed by atoms with Gasteiger partial charge in [-0.1, -0.05) is 41.5 Å². The molecule has 0 aliphatic carbocycles. The highest BCUT2D eigenvalue weighted by Gasteiger charge is 2.69. The standard InChI is InChI=1S/C27H47N3O10SSi2/c1-17-15-30(24(34)29(8)21(17)33)22-20(38-42(9,10)25(2,3)4)27(23(37-22)39-43(11,12)26(5,6)7)18(16-41(35,36)40-27)28-14-13-19(31)32/h15-16,20,22-23,28H,13-14H2,1-12H3,(H,31,32)/t20?,22-,23?,27?/m1/s1. The average molecular weight is 662 g/mol. The zero-order chi connectivity index (χ0) is 33.1. The van der Waals surface area contributed by atoms with Gasteiger partial charge in [0.05, 0.1) is 17.5 Å². The van der Waals surface area contributed by atoms with E-state index in [4.69, 9.17) is 17.8 Å². The second-order valence-electron chi connectivity index (χ2n) is 14.4. The normalized spacial score (nSPS) is 26.1. The van der Waals surface area contributed by atoms with Crippen LogP contribution in [-0.2, 0) is 39.7 Å². The Morgan fingerprint density at radius 2 is 1.60 bits per heavy atom. The Kier molecular flexibility index (Phi) is 9.36. The van der Waals surface area contributed by atoms with Crippen molar-refractivity contribution >= 4 is 32.7 Å². The van der Waals surface area contributed by atoms with E-state index in [0.717, 1.165) is 9.98 Å². The number of aliphatic carboxylic acids is 1. The zero-order valence-electron chi connectivity index (χ0n) is 27.2. The second-order valence-corrected chi connectivity index (χ2v) is 25.3. The Hall–Kier alpha value is -2.09. The van der Waals surface area contributed by atoms with Gasteiger partial charge in [0.25, 0.3) is 15.7 Å². The largest absolute Gasteiger partial charge is 0.481 e. The molecule has 1 aromatic heterocycles. The average Bonchev–Trinajstić information content (AvgIpc) is 3.25. The minimum atomic E-state index is -4.35. The van der Waals surface area contributed by atoms with Crippen LogP contribution < -0.4 is 16.6 Å². The topological polar surface area (TPSA) is 164 Å². The van der Waals surface area contributed by atoms with Crippen LogP contribution in [0.5, 0.6) is 0 Å². The monoisotopic (exact) mass is 661 g/mol. The predicted molar refractivity (Wildman–Crippen MR) is 166 cm³/mol. The van der Waals surface area contributed by atoms with Gasteiger partial charge in [0.15, 0.2) is 29.2 Å². The lowest BCUT2D eigenvalue weighted by Gasteiger charge is -2.45. The first kappa shape index (κ1) is 35.4. The van der Waals surface area contributed by atoms with Crippen molar-refractivity contribution in [2.24, 2.45) is 7.05 Å². The van der Waals surface area contributed by atoms with E-state index in [-0.39, 0.29) is 34.3 Å². The van der Waals surface area contributed by atoms with Crippen LogP contribution in [0.1, 0.15) is 59.8 Å². The maximum atomic E-state index is 13.6. The van der Waals surface area contributed by atoms with Crippen LogP contribution in [-0.4, -0.2) is 69.8 Å². The minimum absolute atomic E-state index is 0.0123. The molecular weight excluding hydrogens is 615 g/mol. The van der Waals surface area contributed by atoms with E-state index in [1.54, 1.807) is 6.92 Å². The third-order valence-electron chi connectivity index (χ3n) is 9.08. The van der Waals surface area contributed by atoms with Gasteiger partial charge in [-0.2, -0.15) is 8.42 Å². The molecule has 1 saturated heterocycles. The van der Waals surface area contributed by atoms with E-state index in [0.29, 0.717) is 0 Å². The minimum Gasteiger partial charge on any atom is -0.481 e. The Bertz CT molecular complexity index is 1520. The summed E-state index contributed by atoms with van der Waals surface area (Å²) in [5, 5.41) is 12.4. The number of rotatable bonds is 9. The predicted octanol–water partition coefficient (Wildman–Crippen LogP) is 3.13. The molecule has 2 N–H and O–H groups in total. The van der Waals surface area contributed by atoms with Crippen molar-refractivity contribution in [2.45, 2.75) is 115 Å². The molecule has 0 saturated carbocycles. The number of nitrogens with zero attached hydrogens (tertiary/aromatic N) is 2. The summed E-state index contributed by atoms with van der Waals surface area (Å²) in [6.07, 6.45) is -2.87. The van der Waals surface area contributed by atoms with Crippen LogP contribution >= 0.6 is 0 Å². The lowest BCUT2D eigenvalue weighted by Crippen LogP contribution is -2.61. The first-order valence-corrected chi connectivity index (χ1v) is 21.5. The van der Waals surface area contributed by atoms with Crippen LogP contribution in [0.3, 0.4) is 0 Å². The van der Waals surface area contributed by atoms with Crippen molar-refractivity contribution in [3.8, 4) is 0 Å². The number of carboxylic acid groups (broad SMARTS) is 1. The van der Waals surface area contributed by atoms with Gasteiger partial charge < -0.3 is 24.0 Å². The summed E-state index contributed by atoms with van der Waals surface area (Å²) < 4.78 is 54.8. The van der Waals surface area contributed by atoms with Crippen LogP contribution in [0.4, 0.5) is 0 Å². The molecule has 13 nitrogen and oxygen atoms in total. The Balaban J connectivity index is 2.39. The second kappa shape index (κ2) is 11.4. The Morgan fingerprint density at radius 1 is 1.07 bits per heavy atom. The van der Waals surface area contributed by atoms with Gasteiger partial charge in [-0.15, -0.1) is 0 Å². The van der Waals surface area contributed by atoms with Crippen molar-refractivity contribution in [3.05, 3.63) is 43.7 Å². The number of carbonyl (C=O) groups is 1. The van der Waals surface area contributed by atoms with Gasteiger partial charge in [-0.05, 0) is 43.2 Å². The molecule has 1 fully saturated rings. The van der Waals surface area contributed by atoms with Crippen LogP contribution in [0.25, 0.3) is 0 Å². The zero-order valence-corrected chi connectivity index (χ0v) is 30.0. The Labute approximate surface area is 255 Å². The fourth-order valence-electron chi connectivity index (χ4n) is 4.43. The van der Waals surface area contributed by atoms with Gasteiger partial charge in [-0.25, -0.2) is 8.98 Å². The molecule has 2 aliphatic rings. The molecule has 2 aliphatic heterocycles. The number of hydrogen-bond donors (Lipinski definition) is 2. The quantitative estimate of drug-likeness (QED) is 0.295. The molecule has 1 spiro atoms. The fraction of sp³-hybridized carbons (Fsp3) is 0.741. The highest BCUT2D eigenvalue weighted by atomic mass is 32.2. The fourth-order valence-corrected chi connectivity index (χ4v) is 8.08. The summed E-state index contributed by atoms with van der Waals surface area (Å²) in [5.41, 5.74) is -2.87. The highest BCUT2D eigenvalue weighted by molar-refractivity contribution is 7.90. The molecule has 16 heteroatoms. The first-order chi connectivity index (χ1) is 19.3. The van der Waals surface area contributed by atoms with Crippen molar-refractivity contribution in [2.75, 3.05) is 6.54 Å². The molecule has 0 bridgehead atoms. The molecule has 4 atom stereocenters. The van der Waals surface area contributed by atoms with Crippen LogP contribution in [0.15, 0.2) is 26.9 Å². The van der Waals surface area contributed by atoms with Gasteiger partial charge in [0.1, 0.15) is 6.10 Å². The number of nitrogens with one attached hydrogen (secondary N) is 1. The molecule has 3 unspecified atom stereocenters. The van der Waals surface area contributed by atoms with E-state index >= 15 is 0 Å². The van der Waals surface area contributed by atoms with Crippen LogP contribution in [0, 0.1) is 6.92 Å². The van der Waals surface area contributed by atoms with Gasteiger partial charge >= 0.3 is 11.7 Å². The molecule has 244 valence electrons. The summed E-state index contributed by atoms with van der Waals surface area (Å²) in [5.74, 6) is -1.08. The molecule has 0 radical (unpaired) electrons. The summed E-state index contributed by atoms with van der Waals surface area (Å²) in [6, 6.07) is 0. The maximum absolute atomic E-state index is 13.6. The van der Waals surface area contributed by atoms with Crippen molar-refractivity contribution in [1.82, 2.24) is 14.5 Å². The van der Waals surface area contributed by atoms with Crippen molar-refractivity contribution < 1.29 is 36.1 Å². The molecule has 0 aromatic carbocycles. The van der Waals surface area contributed by atoms with Crippen molar-refractivity contribution in [3.63, 3.8) is 0 Å². The third-order valence-corrected chi connectivity index (χ3v) is 19.0. The molecule has 0 amide bonds. The van der Waals surface area contributed by atoms with E-state index in [1.165, 1.54) is 17.8 Å². The lowest BCUT2D eigenvalue weighted by atomic mass is 9.93. The van der Waals surface area contributed by atoms with Crippen LogP contribution in [0.2, 0.25) is 36.3 Å². The summed E-state index contributed by atoms with van der Waals surface area (Å²) >= 11 is 0. The van der Waals surface area contributed by atoms with E-state index in [9.17, 15) is 27.9 Å². The van der Waals surface area contributed by atoms with Gasteiger partial charge in [-0.3, -0.25) is 18.7 Å². The number of hydrogen-bond acceptors (Lipinski definition) is 10. The van der Waals surface area contributed by atoms with Gasteiger partial charge in [0, 0.05) is 25.4 Å². The van der Waals surface area contributed by atoms with E-state index in [1.807, 2.05) is 67.7 Å². The number of carboxylic acids is 1. The maximum Gasteiger partial charge on any atom is 0.332 e.